The van der Waals surface area contributed by atoms with Gasteiger partial charge < -0.3 is 10.2 Å². The van der Waals surface area contributed by atoms with Crippen LogP contribution in [0, 0.1) is 5.41 Å². The van der Waals surface area contributed by atoms with E-state index in [1.54, 1.807) is 12.4 Å². The third kappa shape index (κ3) is 3.62. The van der Waals surface area contributed by atoms with Gasteiger partial charge in [-0.15, -0.1) is 0 Å². The third-order valence-corrected chi connectivity index (χ3v) is 4.66. The highest BCUT2D eigenvalue weighted by Gasteiger charge is 2.37. The highest BCUT2D eigenvalue weighted by atomic mass is 16.2. The Kier molecular flexibility index (Phi) is 4.89. The van der Waals surface area contributed by atoms with E-state index in [9.17, 15) is 4.79 Å². The SMILES string of the molecule is CCN1CCC[C@](C)(C(=O)NCc2nc(-c3ccncc3)n[nH]2)C1. The standard InChI is InChI=1S/C17H24N6O/c1-3-23-10-4-7-17(2,12-23)16(24)19-11-14-20-15(22-21-14)13-5-8-18-9-6-13/h5-6,8-9H,3-4,7,10-12H2,1-2H3,(H,19,24)(H,20,21,22)/t17-/m0/s1. The summed E-state index contributed by atoms with van der Waals surface area (Å²) in [7, 11) is 0. The molecule has 1 amide bonds. The molecular formula is C17H24N6O. The Labute approximate surface area is 141 Å². The fraction of sp³-hybridized carbons (Fsp3) is 0.529. The first-order valence-corrected chi connectivity index (χ1v) is 8.43. The minimum Gasteiger partial charge on any atom is -0.348 e. The fourth-order valence-electron chi connectivity index (χ4n) is 3.18. The zero-order valence-corrected chi connectivity index (χ0v) is 14.2. The highest BCUT2D eigenvalue weighted by Crippen LogP contribution is 2.29. The Balaban J connectivity index is 1.59. The summed E-state index contributed by atoms with van der Waals surface area (Å²) in [6.45, 7) is 7.43. The number of nitrogens with one attached hydrogen (secondary N) is 2. The van der Waals surface area contributed by atoms with Crippen LogP contribution in [0.2, 0.25) is 0 Å². The molecule has 0 bridgehead atoms. The molecule has 0 saturated carbocycles. The summed E-state index contributed by atoms with van der Waals surface area (Å²) in [5, 5.41) is 10.1. The van der Waals surface area contributed by atoms with Gasteiger partial charge in [-0.25, -0.2) is 4.98 Å². The van der Waals surface area contributed by atoms with Crippen LogP contribution in [0.3, 0.4) is 0 Å². The van der Waals surface area contributed by atoms with Crippen molar-refractivity contribution < 1.29 is 4.79 Å². The summed E-state index contributed by atoms with van der Waals surface area (Å²) >= 11 is 0. The lowest BCUT2D eigenvalue weighted by atomic mass is 9.81. The zero-order chi connectivity index (χ0) is 17.0. The van der Waals surface area contributed by atoms with E-state index in [4.69, 9.17) is 0 Å². The predicted octanol–water partition coefficient (Wildman–Crippen LogP) is 1.60. The van der Waals surface area contributed by atoms with Gasteiger partial charge in [-0.2, -0.15) is 5.10 Å². The Bertz CT molecular complexity index is 685. The lowest BCUT2D eigenvalue weighted by Gasteiger charge is -2.38. The van der Waals surface area contributed by atoms with Gasteiger partial charge in [-0.1, -0.05) is 6.92 Å². The topological polar surface area (TPSA) is 86.8 Å². The lowest BCUT2D eigenvalue weighted by molar-refractivity contribution is -0.133. The minimum absolute atomic E-state index is 0.0857. The number of rotatable bonds is 5. The molecule has 1 fully saturated rings. The van der Waals surface area contributed by atoms with Gasteiger partial charge in [0.1, 0.15) is 5.82 Å². The normalized spacial score (nSPS) is 21.6. The van der Waals surface area contributed by atoms with Crippen molar-refractivity contribution in [1.29, 1.82) is 0 Å². The molecule has 1 aliphatic heterocycles. The van der Waals surface area contributed by atoms with E-state index in [0.717, 1.165) is 38.0 Å². The van der Waals surface area contributed by atoms with Crippen molar-refractivity contribution in [2.24, 2.45) is 5.41 Å². The molecule has 0 aromatic carbocycles. The van der Waals surface area contributed by atoms with Crippen LogP contribution in [0.4, 0.5) is 0 Å². The number of H-pyrrole nitrogens is 1. The van der Waals surface area contributed by atoms with Gasteiger partial charge in [-0.05, 0) is 45.0 Å². The average Bonchev–Trinajstić information content (AvgIpc) is 3.09. The molecule has 3 heterocycles. The number of hydrogen-bond donors (Lipinski definition) is 2. The average molecular weight is 328 g/mol. The maximum Gasteiger partial charge on any atom is 0.227 e. The van der Waals surface area contributed by atoms with Crippen LogP contribution in [0.1, 0.15) is 32.5 Å². The van der Waals surface area contributed by atoms with Crippen molar-refractivity contribution in [2.45, 2.75) is 33.2 Å². The van der Waals surface area contributed by atoms with E-state index in [1.807, 2.05) is 19.1 Å². The Morgan fingerprint density at radius 3 is 2.96 bits per heavy atom. The van der Waals surface area contributed by atoms with Gasteiger partial charge in [0.15, 0.2) is 5.82 Å². The fourth-order valence-corrected chi connectivity index (χ4v) is 3.18. The van der Waals surface area contributed by atoms with Crippen LogP contribution >= 0.6 is 0 Å². The smallest absolute Gasteiger partial charge is 0.227 e. The molecule has 3 rings (SSSR count). The Morgan fingerprint density at radius 2 is 2.21 bits per heavy atom. The van der Waals surface area contributed by atoms with Crippen molar-refractivity contribution in [3.63, 3.8) is 0 Å². The van der Waals surface area contributed by atoms with E-state index < -0.39 is 0 Å². The summed E-state index contributed by atoms with van der Waals surface area (Å²) in [5.74, 6) is 1.35. The van der Waals surface area contributed by atoms with E-state index in [-0.39, 0.29) is 11.3 Å². The molecule has 128 valence electrons. The maximum atomic E-state index is 12.6. The molecule has 7 heteroatoms. The molecule has 7 nitrogen and oxygen atoms in total. The van der Waals surface area contributed by atoms with Crippen LogP contribution in [0.25, 0.3) is 11.4 Å². The number of likely N-dealkylation sites (tertiary alicyclic amines) is 1. The number of nitrogens with zero attached hydrogens (tertiary/aromatic N) is 4. The number of amides is 1. The van der Waals surface area contributed by atoms with Crippen molar-refractivity contribution in [3.05, 3.63) is 30.4 Å². The number of aromatic nitrogens is 4. The van der Waals surface area contributed by atoms with Crippen molar-refractivity contribution >= 4 is 5.91 Å². The third-order valence-electron chi connectivity index (χ3n) is 4.66. The quantitative estimate of drug-likeness (QED) is 0.871. The van der Waals surface area contributed by atoms with Gasteiger partial charge in [0.2, 0.25) is 5.91 Å². The van der Waals surface area contributed by atoms with E-state index in [1.165, 1.54) is 0 Å². The monoisotopic (exact) mass is 328 g/mol. The van der Waals surface area contributed by atoms with Crippen LogP contribution in [-0.4, -0.2) is 50.6 Å². The maximum absolute atomic E-state index is 12.6. The second-order valence-corrected chi connectivity index (χ2v) is 6.56. The molecule has 1 saturated heterocycles. The molecule has 2 aromatic heterocycles. The molecule has 1 atom stereocenters. The Hall–Kier alpha value is -2.28. The molecule has 0 unspecified atom stereocenters. The second-order valence-electron chi connectivity index (χ2n) is 6.56. The van der Waals surface area contributed by atoms with Gasteiger partial charge in [0.25, 0.3) is 0 Å². The number of hydrogen-bond acceptors (Lipinski definition) is 5. The molecule has 24 heavy (non-hydrogen) atoms. The number of pyridine rings is 1. The summed E-state index contributed by atoms with van der Waals surface area (Å²) < 4.78 is 0. The van der Waals surface area contributed by atoms with E-state index >= 15 is 0 Å². The van der Waals surface area contributed by atoms with E-state index in [0.29, 0.717) is 18.2 Å². The highest BCUT2D eigenvalue weighted by molar-refractivity contribution is 5.82. The van der Waals surface area contributed by atoms with Crippen LogP contribution in [-0.2, 0) is 11.3 Å². The number of aromatic amines is 1. The minimum atomic E-state index is -0.331. The van der Waals surface area contributed by atoms with Crippen molar-refractivity contribution in [1.82, 2.24) is 30.4 Å². The summed E-state index contributed by atoms with van der Waals surface area (Å²) in [6.07, 6.45) is 5.40. The predicted molar refractivity (Wildman–Crippen MR) is 90.9 cm³/mol. The number of carbonyl (C=O) groups excluding carboxylic acids is 1. The number of piperidine rings is 1. The van der Waals surface area contributed by atoms with Crippen molar-refractivity contribution in [2.75, 3.05) is 19.6 Å². The molecular weight excluding hydrogens is 304 g/mol. The van der Waals surface area contributed by atoms with Gasteiger partial charge >= 0.3 is 0 Å². The summed E-state index contributed by atoms with van der Waals surface area (Å²) in [5.41, 5.74) is 0.569. The summed E-state index contributed by atoms with van der Waals surface area (Å²) in [4.78, 5) is 23.4. The molecule has 2 aromatic rings. The molecule has 0 radical (unpaired) electrons. The Morgan fingerprint density at radius 1 is 1.42 bits per heavy atom. The number of carbonyl (C=O) groups is 1. The molecule has 2 N–H and O–H groups in total. The van der Waals surface area contributed by atoms with Crippen LogP contribution < -0.4 is 5.32 Å². The van der Waals surface area contributed by atoms with Gasteiger partial charge in [0, 0.05) is 24.5 Å². The molecule has 1 aliphatic rings. The van der Waals surface area contributed by atoms with Gasteiger partial charge in [-0.3, -0.25) is 14.9 Å². The van der Waals surface area contributed by atoms with E-state index in [2.05, 4.69) is 37.3 Å². The first-order chi connectivity index (χ1) is 11.6. The first kappa shape index (κ1) is 16.6. The second kappa shape index (κ2) is 7.09. The lowest BCUT2D eigenvalue weighted by Crippen LogP contribution is -2.50. The zero-order valence-electron chi connectivity index (χ0n) is 14.2. The van der Waals surface area contributed by atoms with Crippen molar-refractivity contribution in [3.8, 4) is 11.4 Å². The van der Waals surface area contributed by atoms with Crippen LogP contribution in [0.15, 0.2) is 24.5 Å². The summed E-state index contributed by atoms with van der Waals surface area (Å²) in [6, 6.07) is 3.71. The largest absolute Gasteiger partial charge is 0.348 e. The molecule has 0 aliphatic carbocycles. The molecule has 0 spiro atoms. The van der Waals surface area contributed by atoms with Gasteiger partial charge in [0.05, 0.1) is 12.0 Å². The first-order valence-electron chi connectivity index (χ1n) is 8.43. The van der Waals surface area contributed by atoms with Crippen LogP contribution in [0.5, 0.6) is 0 Å².